The zero-order valence-corrected chi connectivity index (χ0v) is 12.4. The fourth-order valence-corrected chi connectivity index (χ4v) is 1.27. The van der Waals surface area contributed by atoms with Crippen molar-refractivity contribution in [3.63, 3.8) is 0 Å². The molecule has 0 aliphatic carbocycles. The van der Waals surface area contributed by atoms with Crippen molar-refractivity contribution >= 4 is 17.8 Å². The quantitative estimate of drug-likeness (QED) is 0.327. The van der Waals surface area contributed by atoms with Crippen LogP contribution in [0.15, 0.2) is 12.2 Å². The first-order valence-electron chi connectivity index (χ1n) is 6.23. The largest absolute Gasteiger partial charge is 0.467 e. The molecule has 1 amide bonds. The third-order valence-corrected chi connectivity index (χ3v) is 2.31. The van der Waals surface area contributed by atoms with Crippen LogP contribution in [-0.4, -0.2) is 65.0 Å². The third-order valence-electron chi connectivity index (χ3n) is 2.31. The van der Waals surface area contributed by atoms with E-state index < -0.39 is 23.9 Å². The van der Waals surface area contributed by atoms with Crippen molar-refractivity contribution in [1.82, 2.24) is 5.32 Å². The van der Waals surface area contributed by atoms with Crippen LogP contribution in [0.1, 0.15) is 6.42 Å². The van der Waals surface area contributed by atoms with Crippen LogP contribution < -0.4 is 5.32 Å². The number of carbonyl (C=O) groups is 3. The molecule has 8 heteroatoms. The normalized spacial score (nSPS) is 12.0. The molecule has 120 valence electrons. The minimum Gasteiger partial charge on any atom is -0.467 e. The minimum atomic E-state index is -0.894. The Morgan fingerprint density at radius 2 is 1.81 bits per heavy atom. The molecule has 1 atom stereocenters. The highest BCUT2D eigenvalue weighted by atomic mass is 16.5. The highest BCUT2D eigenvalue weighted by molar-refractivity contribution is 5.85. The molecule has 0 aromatic carbocycles. The lowest BCUT2D eigenvalue weighted by molar-refractivity contribution is -0.145. The van der Waals surface area contributed by atoms with Gasteiger partial charge in [0.05, 0.1) is 27.4 Å². The van der Waals surface area contributed by atoms with E-state index in [0.717, 1.165) is 6.08 Å². The van der Waals surface area contributed by atoms with Gasteiger partial charge in [0, 0.05) is 13.2 Å². The van der Waals surface area contributed by atoms with Crippen LogP contribution >= 0.6 is 0 Å². The predicted molar refractivity (Wildman–Crippen MR) is 72.4 cm³/mol. The smallest absolute Gasteiger partial charge is 0.330 e. The molecule has 0 bridgehead atoms. The van der Waals surface area contributed by atoms with Gasteiger partial charge in [-0.15, -0.1) is 0 Å². The first kappa shape index (κ1) is 19.1. The van der Waals surface area contributed by atoms with Crippen LogP contribution in [0, 0.1) is 0 Å². The number of nitrogens with one attached hydrogen (secondary N) is 1. The molecule has 0 heterocycles. The van der Waals surface area contributed by atoms with Crippen molar-refractivity contribution in [2.75, 3.05) is 41.2 Å². The van der Waals surface area contributed by atoms with E-state index in [4.69, 9.17) is 9.47 Å². The number of esters is 2. The molecular formula is C13H21NO7. The molecule has 0 radical (unpaired) electrons. The molecule has 8 nitrogen and oxygen atoms in total. The average Bonchev–Trinajstić information content (AvgIpc) is 2.49. The van der Waals surface area contributed by atoms with Crippen molar-refractivity contribution in [3.8, 4) is 0 Å². The minimum absolute atomic E-state index is 0.103. The van der Waals surface area contributed by atoms with Gasteiger partial charge in [-0.3, -0.25) is 4.79 Å². The number of amides is 1. The van der Waals surface area contributed by atoms with Crippen molar-refractivity contribution in [3.05, 3.63) is 12.2 Å². The highest BCUT2D eigenvalue weighted by Gasteiger charge is 2.20. The van der Waals surface area contributed by atoms with E-state index in [0.29, 0.717) is 6.61 Å². The van der Waals surface area contributed by atoms with Crippen LogP contribution in [0.3, 0.4) is 0 Å². The Labute approximate surface area is 123 Å². The summed E-state index contributed by atoms with van der Waals surface area (Å²) in [5.74, 6) is -1.63. The molecule has 0 rings (SSSR count). The van der Waals surface area contributed by atoms with Gasteiger partial charge in [0.25, 0.3) is 0 Å². The molecule has 21 heavy (non-hydrogen) atoms. The molecule has 0 aromatic rings. The van der Waals surface area contributed by atoms with Gasteiger partial charge < -0.3 is 24.3 Å². The lowest BCUT2D eigenvalue weighted by Gasteiger charge is -2.14. The molecule has 0 saturated heterocycles. The molecule has 0 fully saturated rings. The van der Waals surface area contributed by atoms with Gasteiger partial charge in [-0.2, -0.15) is 0 Å². The second-order valence-electron chi connectivity index (χ2n) is 3.85. The molecule has 0 aliphatic heterocycles. The van der Waals surface area contributed by atoms with E-state index in [1.807, 2.05) is 0 Å². The molecule has 0 saturated carbocycles. The van der Waals surface area contributed by atoms with Crippen molar-refractivity contribution in [2.24, 2.45) is 0 Å². The van der Waals surface area contributed by atoms with Gasteiger partial charge in [-0.05, 0) is 6.42 Å². The number of hydrogen-bond donors (Lipinski definition) is 1. The number of ether oxygens (including phenoxy) is 4. The second kappa shape index (κ2) is 11.9. The van der Waals surface area contributed by atoms with E-state index in [1.54, 1.807) is 0 Å². The van der Waals surface area contributed by atoms with Gasteiger partial charge in [-0.1, -0.05) is 6.08 Å². The maximum Gasteiger partial charge on any atom is 0.330 e. The molecule has 1 N–H and O–H groups in total. The van der Waals surface area contributed by atoms with Gasteiger partial charge >= 0.3 is 11.9 Å². The molecule has 0 aliphatic rings. The van der Waals surface area contributed by atoms with Gasteiger partial charge in [0.1, 0.15) is 12.6 Å². The summed E-state index contributed by atoms with van der Waals surface area (Å²) < 4.78 is 18.8. The summed E-state index contributed by atoms with van der Waals surface area (Å²) in [4.78, 5) is 34.0. The zero-order chi connectivity index (χ0) is 16.1. The zero-order valence-electron chi connectivity index (χ0n) is 12.4. The summed E-state index contributed by atoms with van der Waals surface area (Å²) in [7, 11) is 3.97. The highest BCUT2D eigenvalue weighted by Crippen LogP contribution is 1.98. The first-order chi connectivity index (χ1) is 10.0. The Morgan fingerprint density at radius 1 is 1.10 bits per heavy atom. The Bertz CT molecular complexity index is 368. The monoisotopic (exact) mass is 303 g/mol. The van der Waals surface area contributed by atoms with Gasteiger partial charge in [0.15, 0.2) is 0 Å². The Morgan fingerprint density at radius 3 is 2.38 bits per heavy atom. The lowest BCUT2D eigenvalue weighted by Crippen LogP contribution is -2.43. The Balaban J connectivity index is 4.29. The first-order valence-corrected chi connectivity index (χ1v) is 6.23. The van der Waals surface area contributed by atoms with Crippen molar-refractivity contribution in [2.45, 2.75) is 12.5 Å². The van der Waals surface area contributed by atoms with E-state index in [2.05, 4.69) is 14.8 Å². The maximum absolute atomic E-state index is 11.6. The van der Waals surface area contributed by atoms with Crippen LogP contribution in [0.4, 0.5) is 0 Å². The predicted octanol–water partition coefficient (Wildman–Crippen LogP) is -0.573. The summed E-state index contributed by atoms with van der Waals surface area (Å²) >= 11 is 0. The number of hydrogen-bond acceptors (Lipinski definition) is 7. The fraction of sp³-hybridized carbons (Fsp3) is 0.615. The van der Waals surface area contributed by atoms with E-state index in [1.165, 1.54) is 27.4 Å². The lowest BCUT2D eigenvalue weighted by atomic mass is 10.2. The summed E-state index contributed by atoms with van der Waals surface area (Å²) in [6.07, 6.45) is 2.68. The molecular weight excluding hydrogens is 282 g/mol. The van der Waals surface area contributed by atoms with Gasteiger partial charge in [-0.25, -0.2) is 9.59 Å². The van der Waals surface area contributed by atoms with Crippen LogP contribution in [0.2, 0.25) is 0 Å². The van der Waals surface area contributed by atoms with Gasteiger partial charge in [0.2, 0.25) is 5.91 Å². The summed E-state index contributed by atoms with van der Waals surface area (Å²) in [5.41, 5.74) is 0. The van der Waals surface area contributed by atoms with Crippen LogP contribution in [-0.2, 0) is 33.3 Å². The Hall–Kier alpha value is -1.93. The second-order valence-corrected chi connectivity index (χ2v) is 3.85. The summed E-state index contributed by atoms with van der Waals surface area (Å²) in [6, 6.07) is -0.894. The topological polar surface area (TPSA) is 100 Å². The molecule has 0 spiro atoms. The van der Waals surface area contributed by atoms with Crippen LogP contribution in [0.5, 0.6) is 0 Å². The van der Waals surface area contributed by atoms with Crippen LogP contribution in [0.25, 0.3) is 0 Å². The Kier molecular flexibility index (Phi) is 10.8. The van der Waals surface area contributed by atoms with E-state index in [9.17, 15) is 14.4 Å². The van der Waals surface area contributed by atoms with E-state index >= 15 is 0 Å². The summed E-state index contributed by atoms with van der Waals surface area (Å²) in [5, 5.41) is 2.45. The summed E-state index contributed by atoms with van der Waals surface area (Å²) in [6.45, 7) is 0.447. The average molecular weight is 303 g/mol. The van der Waals surface area contributed by atoms with Crippen molar-refractivity contribution < 1.29 is 33.3 Å². The molecule has 0 aromatic heterocycles. The number of carbonyl (C=O) groups excluding carboxylic acids is 3. The third kappa shape index (κ3) is 9.58. The number of rotatable bonds is 10. The van der Waals surface area contributed by atoms with E-state index in [-0.39, 0.29) is 19.6 Å². The molecule has 0 unspecified atom stereocenters. The maximum atomic E-state index is 11.6. The SMILES string of the molecule is COCCOCC(=O)N[C@@H](C/C=C/C(=O)OC)C(=O)OC. The standard InChI is InChI=1S/C13H21NO7/c1-18-7-8-21-9-11(15)14-10(13(17)20-3)5-4-6-12(16)19-2/h4,6,10H,5,7-9H2,1-3H3,(H,14,15)/b6-4+/t10-/m0/s1. The fourth-order valence-electron chi connectivity index (χ4n) is 1.27. The number of methoxy groups -OCH3 is 3. The van der Waals surface area contributed by atoms with Crippen molar-refractivity contribution in [1.29, 1.82) is 0 Å².